The van der Waals surface area contributed by atoms with Crippen molar-refractivity contribution in [1.29, 1.82) is 0 Å². The Kier molecular flexibility index (Phi) is 4.48. The number of aromatic nitrogens is 2. The summed E-state index contributed by atoms with van der Waals surface area (Å²) >= 11 is 11.5. The first kappa shape index (κ1) is 14.1. The van der Waals surface area contributed by atoms with Crippen molar-refractivity contribution in [1.82, 2.24) is 15.1 Å². The van der Waals surface area contributed by atoms with Crippen molar-refractivity contribution in [3.05, 3.63) is 37.7 Å². The molecular weight excluding hydrogens is 334 g/mol. The average Bonchev–Trinajstić information content (AvgIpc) is 2.88. The third-order valence-electron chi connectivity index (χ3n) is 2.71. The second-order valence-electron chi connectivity index (χ2n) is 4.31. The second-order valence-corrected chi connectivity index (χ2v) is 6.57. The van der Waals surface area contributed by atoms with Gasteiger partial charge in [-0.05, 0) is 42.9 Å². The summed E-state index contributed by atoms with van der Waals surface area (Å²) in [5, 5.41) is 10.4. The molecule has 2 aromatic heterocycles. The van der Waals surface area contributed by atoms with E-state index in [9.17, 15) is 0 Å². The molecule has 0 saturated heterocycles. The van der Waals surface area contributed by atoms with Gasteiger partial charge in [-0.15, -0.1) is 11.3 Å². The van der Waals surface area contributed by atoms with Gasteiger partial charge in [0.15, 0.2) is 0 Å². The molecule has 18 heavy (non-hydrogen) atoms. The van der Waals surface area contributed by atoms with E-state index in [2.05, 4.69) is 51.6 Å². The highest BCUT2D eigenvalue weighted by Crippen LogP contribution is 2.34. The fraction of sp³-hybridized carbons (Fsp3) is 0.417. The molecule has 3 nitrogen and oxygen atoms in total. The molecule has 0 aliphatic heterocycles. The lowest BCUT2D eigenvalue weighted by Crippen LogP contribution is -2.22. The minimum absolute atomic E-state index is 0.0682. The molecule has 0 spiro atoms. The first-order valence-corrected chi connectivity index (χ1v) is 7.73. The SMILES string of the molecule is CNC(c1cc(Br)cs1)c1c(Cl)cnn1C(C)C. The van der Waals surface area contributed by atoms with Crippen LogP contribution in [0.5, 0.6) is 0 Å². The normalized spacial score (nSPS) is 13.2. The summed E-state index contributed by atoms with van der Waals surface area (Å²) in [6.45, 7) is 4.20. The fourth-order valence-corrected chi connectivity index (χ4v) is 3.72. The number of halogens is 2. The van der Waals surface area contributed by atoms with Crippen molar-refractivity contribution in [3.63, 3.8) is 0 Å². The third kappa shape index (κ3) is 2.64. The number of nitrogens with zero attached hydrogens (tertiary/aromatic N) is 2. The molecule has 0 aromatic carbocycles. The van der Waals surface area contributed by atoms with Gasteiger partial charge in [-0.3, -0.25) is 4.68 Å². The van der Waals surface area contributed by atoms with E-state index in [1.165, 1.54) is 4.88 Å². The lowest BCUT2D eigenvalue weighted by atomic mass is 10.1. The van der Waals surface area contributed by atoms with Crippen LogP contribution in [0, 0.1) is 0 Å². The number of rotatable bonds is 4. The Morgan fingerprint density at radius 1 is 1.50 bits per heavy atom. The summed E-state index contributed by atoms with van der Waals surface area (Å²) in [7, 11) is 1.94. The topological polar surface area (TPSA) is 29.9 Å². The van der Waals surface area contributed by atoms with E-state index in [1.807, 2.05) is 11.7 Å². The van der Waals surface area contributed by atoms with Crippen LogP contribution in [0.15, 0.2) is 22.1 Å². The van der Waals surface area contributed by atoms with Gasteiger partial charge in [-0.25, -0.2) is 0 Å². The van der Waals surface area contributed by atoms with Gasteiger partial charge in [0.05, 0.1) is 23.0 Å². The van der Waals surface area contributed by atoms with Crippen LogP contribution in [-0.4, -0.2) is 16.8 Å². The predicted octanol–water partition coefficient (Wildman–Crippen LogP) is 4.25. The molecule has 0 fully saturated rings. The van der Waals surface area contributed by atoms with E-state index >= 15 is 0 Å². The fourth-order valence-electron chi connectivity index (χ4n) is 1.93. The zero-order chi connectivity index (χ0) is 13.3. The van der Waals surface area contributed by atoms with Crippen LogP contribution in [0.25, 0.3) is 0 Å². The Bertz CT molecular complexity index is 535. The van der Waals surface area contributed by atoms with Gasteiger partial charge in [0.2, 0.25) is 0 Å². The quantitative estimate of drug-likeness (QED) is 0.895. The van der Waals surface area contributed by atoms with Gasteiger partial charge >= 0.3 is 0 Å². The highest BCUT2D eigenvalue weighted by atomic mass is 79.9. The van der Waals surface area contributed by atoms with Crippen molar-refractivity contribution >= 4 is 38.9 Å². The molecular formula is C12H15BrClN3S. The molecule has 0 radical (unpaired) electrons. The van der Waals surface area contributed by atoms with Crippen LogP contribution in [-0.2, 0) is 0 Å². The van der Waals surface area contributed by atoms with Crippen molar-refractivity contribution in [3.8, 4) is 0 Å². The van der Waals surface area contributed by atoms with E-state index in [1.54, 1.807) is 17.5 Å². The Labute approximate surface area is 124 Å². The predicted molar refractivity (Wildman–Crippen MR) is 80.5 cm³/mol. The van der Waals surface area contributed by atoms with Crippen LogP contribution >= 0.6 is 38.9 Å². The first-order valence-electron chi connectivity index (χ1n) is 5.68. The van der Waals surface area contributed by atoms with Gasteiger partial charge in [0, 0.05) is 20.8 Å². The molecule has 0 saturated carbocycles. The van der Waals surface area contributed by atoms with Crippen molar-refractivity contribution in [2.45, 2.75) is 25.9 Å². The molecule has 1 atom stereocenters. The van der Waals surface area contributed by atoms with Gasteiger partial charge in [-0.2, -0.15) is 5.10 Å². The summed E-state index contributed by atoms with van der Waals surface area (Å²) in [6, 6.07) is 2.46. The molecule has 2 heterocycles. The minimum Gasteiger partial charge on any atom is -0.307 e. The number of hydrogen-bond donors (Lipinski definition) is 1. The summed E-state index contributed by atoms with van der Waals surface area (Å²) in [6.07, 6.45) is 1.71. The van der Waals surface area contributed by atoms with Gasteiger partial charge < -0.3 is 5.32 Å². The first-order chi connectivity index (χ1) is 8.54. The minimum atomic E-state index is 0.0682. The van der Waals surface area contributed by atoms with E-state index in [0.717, 1.165) is 10.2 Å². The Balaban J connectivity index is 2.47. The maximum Gasteiger partial charge on any atom is 0.0855 e. The van der Waals surface area contributed by atoms with E-state index in [-0.39, 0.29) is 12.1 Å². The number of hydrogen-bond acceptors (Lipinski definition) is 3. The molecule has 1 unspecified atom stereocenters. The monoisotopic (exact) mass is 347 g/mol. The van der Waals surface area contributed by atoms with Crippen LogP contribution in [0.2, 0.25) is 5.02 Å². The smallest absolute Gasteiger partial charge is 0.0855 e. The molecule has 1 N–H and O–H groups in total. The maximum absolute atomic E-state index is 6.29. The van der Waals surface area contributed by atoms with Crippen LogP contribution < -0.4 is 5.32 Å². The molecule has 0 aliphatic carbocycles. The Morgan fingerprint density at radius 3 is 2.72 bits per heavy atom. The molecule has 0 bridgehead atoms. The van der Waals surface area contributed by atoms with Crippen molar-refractivity contribution in [2.75, 3.05) is 7.05 Å². The van der Waals surface area contributed by atoms with Crippen LogP contribution in [0.1, 0.15) is 36.5 Å². The lowest BCUT2D eigenvalue weighted by molar-refractivity contribution is 0.486. The van der Waals surface area contributed by atoms with E-state index in [4.69, 9.17) is 11.6 Å². The summed E-state index contributed by atoms with van der Waals surface area (Å²) in [4.78, 5) is 1.22. The Morgan fingerprint density at radius 2 is 2.22 bits per heavy atom. The summed E-state index contributed by atoms with van der Waals surface area (Å²) in [5.41, 5.74) is 1.02. The molecule has 2 aromatic rings. The molecule has 0 amide bonds. The third-order valence-corrected chi connectivity index (χ3v) is 4.76. The maximum atomic E-state index is 6.29. The average molecular weight is 349 g/mol. The number of nitrogens with one attached hydrogen (secondary N) is 1. The largest absolute Gasteiger partial charge is 0.307 e. The van der Waals surface area contributed by atoms with Gasteiger partial charge in [0.1, 0.15) is 0 Å². The molecule has 98 valence electrons. The molecule has 2 rings (SSSR count). The molecule has 6 heteroatoms. The molecule has 0 aliphatic rings. The second kappa shape index (κ2) is 5.74. The van der Waals surface area contributed by atoms with Crippen molar-refractivity contribution < 1.29 is 0 Å². The standard InChI is InChI=1S/C12H15BrClN3S/c1-7(2)17-12(9(14)5-16-17)11(15-3)10-4-8(13)6-18-10/h4-7,11,15H,1-3H3. The lowest BCUT2D eigenvalue weighted by Gasteiger charge is -2.19. The van der Waals surface area contributed by atoms with E-state index < -0.39 is 0 Å². The summed E-state index contributed by atoms with van der Waals surface area (Å²) in [5.74, 6) is 0. The zero-order valence-electron chi connectivity index (χ0n) is 10.4. The Hall–Kier alpha value is -0.360. The van der Waals surface area contributed by atoms with Crippen molar-refractivity contribution in [2.24, 2.45) is 0 Å². The summed E-state index contributed by atoms with van der Waals surface area (Å²) < 4.78 is 3.06. The zero-order valence-corrected chi connectivity index (χ0v) is 13.6. The van der Waals surface area contributed by atoms with Gasteiger partial charge in [0.25, 0.3) is 0 Å². The number of thiophene rings is 1. The highest BCUT2D eigenvalue weighted by Gasteiger charge is 2.23. The van der Waals surface area contributed by atoms with Crippen LogP contribution in [0.3, 0.4) is 0 Å². The van der Waals surface area contributed by atoms with E-state index in [0.29, 0.717) is 5.02 Å². The van der Waals surface area contributed by atoms with Crippen LogP contribution in [0.4, 0.5) is 0 Å². The highest BCUT2D eigenvalue weighted by molar-refractivity contribution is 9.10. The van der Waals surface area contributed by atoms with Gasteiger partial charge in [-0.1, -0.05) is 11.6 Å².